The zero-order valence-corrected chi connectivity index (χ0v) is 18.8. The first-order valence-corrected chi connectivity index (χ1v) is 11.6. The highest BCUT2D eigenvalue weighted by Gasteiger charge is 2.43. The monoisotopic (exact) mass is 440 g/mol. The first-order chi connectivity index (χ1) is 15.4. The summed E-state index contributed by atoms with van der Waals surface area (Å²) in [5, 5.41) is 17.1. The van der Waals surface area contributed by atoms with Crippen molar-refractivity contribution in [2.24, 2.45) is 0 Å². The van der Waals surface area contributed by atoms with Crippen LogP contribution in [0.5, 0.6) is 5.75 Å². The predicted molar refractivity (Wildman–Crippen MR) is 121 cm³/mol. The van der Waals surface area contributed by atoms with Crippen LogP contribution in [0.25, 0.3) is 0 Å². The summed E-state index contributed by atoms with van der Waals surface area (Å²) in [6, 6.07) is 4.83. The molecule has 2 aliphatic carbocycles. The van der Waals surface area contributed by atoms with E-state index in [0.29, 0.717) is 0 Å². The summed E-state index contributed by atoms with van der Waals surface area (Å²) >= 11 is 0. The zero-order valence-electron chi connectivity index (χ0n) is 18.8. The molecule has 1 aromatic carbocycles. The fourth-order valence-electron chi connectivity index (χ4n) is 4.93. The average molecular weight is 441 g/mol. The van der Waals surface area contributed by atoms with Crippen LogP contribution in [0.3, 0.4) is 0 Å². The van der Waals surface area contributed by atoms with Crippen molar-refractivity contribution in [2.75, 3.05) is 19.4 Å². The van der Waals surface area contributed by atoms with Crippen LogP contribution in [0.1, 0.15) is 68.1 Å². The van der Waals surface area contributed by atoms with E-state index in [4.69, 9.17) is 0 Å². The van der Waals surface area contributed by atoms with Crippen LogP contribution in [0.15, 0.2) is 29.6 Å². The second-order valence-electron chi connectivity index (χ2n) is 9.17. The van der Waals surface area contributed by atoms with Crippen LogP contribution in [-0.4, -0.2) is 58.8 Å². The van der Waals surface area contributed by atoms with Gasteiger partial charge in [-0.2, -0.15) is 0 Å². The summed E-state index contributed by atoms with van der Waals surface area (Å²) in [5.74, 6) is -1.25. The van der Waals surface area contributed by atoms with Crippen LogP contribution in [0, 0.1) is 0 Å². The van der Waals surface area contributed by atoms with E-state index in [1.54, 1.807) is 26.2 Å². The van der Waals surface area contributed by atoms with Crippen LogP contribution >= 0.6 is 0 Å². The number of hydrogen-bond donors (Lipinski definition) is 3. The number of hydrogen-bond acceptors (Lipinski definition) is 6. The molecular weight excluding hydrogens is 408 g/mol. The maximum absolute atomic E-state index is 13.4. The van der Waals surface area contributed by atoms with Gasteiger partial charge < -0.3 is 20.6 Å². The third-order valence-corrected chi connectivity index (χ3v) is 6.69. The lowest BCUT2D eigenvalue weighted by Gasteiger charge is -2.30. The number of phenolic OH excluding ortho intramolecular Hbond substituents is 1. The maximum Gasteiger partial charge on any atom is 0.279 e. The Balaban J connectivity index is 1.67. The molecule has 0 bridgehead atoms. The third-order valence-electron chi connectivity index (χ3n) is 6.69. The minimum absolute atomic E-state index is 0.0984. The molecule has 3 aliphatic rings. The van der Waals surface area contributed by atoms with Crippen molar-refractivity contribution in [3.63, 3.8) is 0 Å². The van der Waals surface area contributed by atoms with Crippen LogP contribution in [-0.2, 0) is 9.59 Å². The van der Waals surface area contributed by atoms with Crippen molar-refractivity contribution >= 4 is 23.4 Å². The minimum Gasteiger partial charge on any atom is -0.505 e. The Hall–Kier alpha value is -3.03. The van der Waals surface area contributed by atoms with Gasteiger partial charge in [0.15, 0.2) is 5.75 Å². The van der Waals surface area contributed by atoms with Gasteiger partial charge in [-0.25, -0.2) is 0 Å². The van der Waals surface area contributed by atoms with Gasteiger partial charge in [0, 0.05) is 26.2 Å². The van der Waals surface area contributed by atoms with Crippen molar-refractivity contribution in [1.82, 2.24) is 15.1 Å². The Kier molecular flexibility index (Phi) is 6.39. The summed E-state index contributed by atoms with van der Waals surface area (Å²) in [6.07, 6.45) is 8.88. The smallest absolute Gasteiger partial charge is 0.279 e. The molecule has 172 valence electrons. The first kappa shape index (κ1) is 22.2. The molecule has 3 amide bonds. The van der Waals surface area contributed by atoms with Gasteiger partial charge in [0.25, 0.3) is 17.7 Å². The number of amides is 3. The Morgan fingerprint density at radius 3 is 2.25 bits per heavy atom. The van der Waals surface area contributed by atoms with Gasteiger partial charge in [0.1, 0.15) is 11.4 Å². The summed E-state index contributed by atoms with van der Waals surface area (Å²) < 4.78 is 0. The zero-order chi connectivity index (χ0) is 22.8. The fraction of sp³-hybridized carbons (Fsp3) is 0.542. The molecule has 0 atom stereocenters. The number of nitrogens with zero attached hydrogens (tertiary/aromatic N) is 2. The van der Waals surface area contributed by atoms with E-state index >= 15 is 0 Å². The van der Waals surface area contributed by atoms with Crippen molar-refractivity contribution in [2.45, 2.75) is 69.9 Å². The maximum atomic E-state index is 13.4. The molecule has 0 spiro atoms. The highest BCUT2D eigenvalue weighted by Crippen LogP contribution is 2.34. The molecule has 0 aromatic heterocycles. The van der Waals surface area contributed by atoms with E-state index in [9.17, 15) is 19.5 Å². The lowest BCUT2D eigenvalue weighted by Crippen LogP contribution is -2.43. The number of benzene rings is 1. The topological polar surface area (TPSA) is 102 Å². The van der Waals surface area contributed by atoms with Crippen molar-refractivity contribution < 1.29 is 19.5 Å². The van der Waals surface area contributed by atoms with E-state index in [0.717, 1.165) is 57.8 Å². The van der Waals surface area contributed by atoms with Gasteiger partial charge in [0.05, 0.1) is 11.3 Å². The Labute approximate surface area is 188 Å². The number of aromatic hydroxyl groups is 1. The summed E-state index contributed by atoms with van der Waals surface area (Å²) in [6.45, 7) is 0. The Bertz CT molecular complexity index is 943. The molecular formula is C24H32N4O4. The number of phenols is 1. The molecule has 2 fully saturated rings. The number of carbonyl (C=O) groups excluding carboxylic acids is 3. The third kappa shape index (κ3) is 4.18. The lowest BCUT2D eigenvalue weighted by atomic mass is 9.94. The van der Waals surface area contributed by atoms with Crippen LogP contribution in [0.4, 0.5) is 5.69 Å². The second-order valence-corrected chi connectivity index (χ2v) is 9.17. The SMILES string of the molecule is CN(C)C(=O)c1cccc(NC2=C(NC3CCCC3)C(=O)N(C3CCCCC3)C2=O)c1O. The molecule has 1 aliphatic heterocycles. The van der Waals surface area contributed by atoms with Gasteiger partial charge in [-0.3, -0.25) is 19.3 Å². The van der Waals surface area contributed by atoms with Crippen LogP contribution < -0.4 is 10.6 Å². The summed E-state index contributed by atoms with van der Waals surface area (Å²) in [7, 11) is 3.21. The highest BCUT2D eigenvalue weighted by atomic mass is 16.3. The Morgan fingerprint density at radius 2 is 1.59 bits per heavy atom. The number of para-hydroxylation sites is 1. The van der Waals surface area contributed by atoms with E-state index in [-0.39, 0.29) is 58.2 Å². The molecule has 1 heterocycles. The van der Waals surface area contributed by atoms with E-state index in [2.05, 4.69) is 10.6 Å². The number of rotatable bonds is 6. The van der Waals surface area contributed by atoms with Crippen molar-refractivity contribution in [3.8, 4) is 5.75 Å². The first-order valence-electron chi connectivity index (χ1n) is 11.6. The quantitative estimate of drug-likeness (QED) is 0.464. The van der Waals surface area contributed by atoms with Gasteiger partial charge in [-0.05, 0) is 37.8 Å². The largest absolute Gasteiger partial charge is 0.505 e. The van der Waals surface area contributed by atoms with Crippen molar-refractivity contribution in [3.05, 3.63) is 35.2 Å². The molecule has 4 rings (SSSR count). The van der Waals surface area contributed by atoms with Gasteiger partial charge >= 0.3 is 0 Å². The number of carbonyl (C=O) groups is 3. The standard InChI is InChI=1S/C24H32N4O4/c1-27(2)22(30)17-13-8-14-18(21(17)29)26-20-19(25-15-9-6-7-10-15)23(31)28(24(20)32)16-11-4-3-5-12-16/h8,13-16,25-26,29H,3-7,9-12H2,1-2H3. The van der Waals surface area contributed by atoms with Crippen LogP contribution in [0.2, 0.25) is 0 Å². The average Bonchev–Trinajstić information content (AvgIpc) is 3.37. The molecule has 8 heteroatoms. The predicted octanol–water partition coefficient (Wildman–Crippen LogP) is 2.95. The lowest BCUT2D eigenvalue weighted by molar-refractivity contribution is -0.141. The van der Waals surface area contributed by atoms with Gasteiger partial charge in [-0.15, -0.1) is 0 Å². The molecule has 0 saturated heterocycles. The van der Waals surface area contributed by atoms with Gasteiger partial charge in [0.2, 0.25) is 0 Å². The fourth-order valence-corrected chi connectivity index (χ4v) is 4.93. The molecule has 3 N–H and O–H groups in total. The van der Waals surface area contributed by atoms with Crippen molar-refractivity contribution in [1.29, 1.82) is 0 Å². The van der Waals surface area contributed by atoms with E-state index < -0.39 is 0 Å². The Morgan fingerprint density at radius 1 is 0.969 bits per heavy atom. The number of imide groups is 1. The van der Waals surface area contributed by atoms with Gasteiger partial charge in [-0.1, -0.05) is 38.2 Å². The number of anilines is 1. The van der Waals surface area contributed by atoms with E-state index in [1.165, 1.54) is 15.9 Å². The summed E-state index contributed by atoms with van der Waals surface area (Å²) in [5.41, 5.74) is 0.783. The minimum atomic E-state index is -0.369. The summed E-state index contributed by atoms with van der Waals surface area (Å²) in [4.78, 5) is 42.0. The second kappa shape index (κ2) is 9.22. The molecule has 32 heavy (non-hydrogen) atoms. The molecule has 2 saturated carbocycles. The van der Waals surface area contributed by atoms with E-state index in [1.807, 2.05) is 0 Å². The molecule has 1 aromatic rings. The highest BCUT2D eigenvalue weighted by molar-refractivity contribution is 6.20. The normalized spacial score (nSPS) is 20.2. The number of nitrogens with one attached hydrogen (secondary N) is 2. The molecule has 0 unspecified atom stereocenters. The molecule has 0 radical (unpaired) electrons. The molecule has 8 nitrogen and oxygen atoms in total.